The van der Waals surface area contributed by atoms with Gasteiger partial charge >= 0.3 is 24.6 Å². The van der Waals surface area contributed by atoms with E-state index in [-0.39, 0.29) is 34.3 Å². The highest BCUT2D eigenvalue weighted by molar-refractivity contribution is 14.1. The molecule has 25 heteroatoms. The second-order valence-corrected chi connectivity index (χ2v) is 19.1. The molecule has 0 bridgehead atoms. The maximum atomic E-state index is 13.1. The topological polar surface area (TPSA) is 134 Å². The summed E-state index contributed by atoms with van der Waals surface area (Å²) in [6, 6.07) is 17.9. The lowest BCUT2D eigenvalue weighted by Crippen LogP contribution is -2.50. The van der Waals surface area contributed by atoms with Gasteiger partial charge in [-0.15, -0.1) is 0 Å². The third-order valence-electron chi connectivity index (χ3n) is 11.8. The SMILES string of the molecule is C.C.C.CC(=O)N1CCN(c2cccc(-c3cnc4ccc(C(F)(F)F)cn34)n2)CC1.CC(C)(C)OC(=O)N1CCN(c2cccc(-c3cnc4ccc(C(F)(F)F)cn34)n2)CC1.FC(F)(F)c1ccc2ncc(I)n2c1. The van der Waals surface area contributed by atoms with Gasteiger partial charge in [-0.2, -0.15) is 39.5 Å². The molecule has 0 atom stereocenters. The average molecular weight is 1200 g/mol. The fraction of sp³-hybridized carbons (Fsp3) is 0.365. The number of imidazole rings is 3. The maximum Gasteiger partial charge on any atom is 0.417 e. The number of piperazine rings is 2. The number of alkyl halides is 9. The molecule has 0 radical (unpaired) electrons. The van der Waals surface area contributed by atoms with Gasteiger partial charge in [0, 0.05) is 77.9 Å². The highest BCUT2D eigenvalue weighted by Crippen LogP contribution is 2.33. The number of hydrogen-bond donors (Lipinski definition) is 0. The van der Waals surface area contributed by atoms with Gasteiger partial charge in [0.1, 0.15) is 37.9 Å². The molecule has 8 aromatic heterocycles. The van der Waals surface area contributed by atoms with Gasteiger partial charge in [0.25, 0.3) is 0 Å². The highest BCUT2D eigenvalue weighted by Gasteiger charge is 2.34. The maximum absolute atomic E-state index is 13.1. The Labute approximate surface area is 452 Å². The van der Waals surface area contributed by atoms with Gasteiger partial charge in [-0.25, -0.2) is 29.7 Å². The Morgan fingerprint density at radius 3 is 1.25 bits per heavy atom. The molecule has 414 valence electrons. The third kappa shape index (κ3) is 14.4. The molecular weight excluding hydrogens is 1140 g/mol. The number of carbonyl (C=O) groups is 2. The molecule has 10 rings (SSSR count). The van der Waals surface area contributed by atoms with Gasteiger partial charge in [-0.3, -0.25) is 18.0 Å². The number of carbonyl (C=O) groups excluding carboxylic acids is 2. The normalized spacial score (nSPS) is 14.2. The molecule has 0 spiro atoms. The number of anilines is 2. The monoisotopic (exact) mass is 1200 g/mol. The average Bonchev–Trinajstić information content (AvgIpc) is 4.10. The van der Waals surface area contributed by atoms with Gasteiger partial charge in [-0.1, -0.05) is 34.4 Å². The minimum absolute atomic E-state index is 0. The van der Waals surface area contributed by atoms with Crippen LogP contribution in [0.3, 0.4) is 0 Å². The summed E-state index contributed by atoms with van der Waals surface area (Å²) in [7, 11) is 0. The molecule has 77 heavy (non-hydrogen) atoms. The van der Waals surface area contributed by atoms with Crippen molar-refractivity contribution in [2.75, 3.05) is 62.2 Å². The van der Waals surface area contributed by atoms with E-state index in [1.807, 2.05) is 72.5 Å². The summed E-state index contributed by atoms with van der Waals surface area (Å²) in [5.74, 6) is 1.46. The van der Waals surface area contributed by atoms with Crippen LogP contribution in [0.15, 0.2) is 110 Å². The zero-order valence-corrected chi connectivity index (χ0v) is 42.1. The van der Waals surface area contributed by atoms with Gasteiger partial charge < -0.3 is 24.3 Å². The molecule has 8 aromatic rings. The second kappa shape index (κ2) is 24.0. The Morgan fingerprint density at radius 2 is 0.870 bits per heavy atom. The Kier molecular flexibility index (Phi) is 18.9. The first-order valence-electron chi connectivity index (χ1n) is 22.8. The van der Waals surface area contributed by atoms with Crippen molar-refractivity contribution in [1.82, 2.24) is 47.9 Å². The van der Waals surface area contributed by atoms with Gasteiger partial charge in [0.15, 0.2) is 0 Å². The molecule has 0 saturated carbocycles. The van der Waals surface area contributed by atoms with Crippen LogP contribution >= 0.6 is 22.6 Å². The lowest BCUT2D eigenvalue weighted by molar-refractivity contribution is -0.138. The zero-order chi connectivity index (χ0) is 53.3. The van der Waals surface area contributed by atoms with Crippen molar-refractivity contribution in [2.24, 2.45) is 0 Å². The molecule has 0 N–H and O–H groups in total. The molecule has 10 heterocycles. The Balaban J connectivity index is 0.000000223. The van der Waals surface area contributed by atoms with E-state index < -0.39 is 40.8 Å². The molecule has 2 fully saturated rings. The number of hydrogen-bond acceptors (Lipinski definition) is 10. The van der Waals surface area contributed by atoms with Crippen LogP contribution in [0.1, 0.15) is 66.7 Å². The summed E-state index contributed by atoms with van der Waals surface area (Å²) >= 11 is 1.93. The number of rotatable bonds is 4. The van der Waals surface area contributed by atoms with Crippen molar-refractivity contribution < 1.29 is 53.8 Å². The standard InChI is InChI=1S/C22H24F3N5O2.C19H18F3N5O.C8H4F3IN2.3CH4/c1-21(2,3)32-20(31)29-11-9-28(10-12-29)19-6-4-5-16(27-19)17-13-26-18-8-7-15(14-30(17)18)22(23,24)25;1-13(28)25-7-9-26(10-8-25)18-4-2-3-15(24-18)16-11-23-17-6-5-14(12-27(16)17)19(20,21)22;9-8(10,11)5-1-2-7-13-3-6(12)14(7)4-5;;;/h4-8,13-14H,9-12H2,1-3H3;2-6,11-12H,7-10H2,1H3;1-4H;3*1H4. The molecule has 2 aliphatic heterocycles. The lowest BCUT2D eigenvalue weighted by Gasteiger charge is -2.36. The van der Waals surface area contributed by atoms with E-state index in [1.165, 1.54) is 50.0 Å². The first kappa shape index (κ1) is 60.7. The minimum atomic E-state index is -4.45. The first-order valence-corrected chi connectivity index (χ1v) is 23.9. The van der Waals surface area contributed by atoms with E-state index in [1.54, 1.807) is 28.9 Å². The van der Waals surface area contributed by atoms with Gasteiger partial charge in [0.05, 0.1) is 58.1 Å². The van der Waals surface area contributed by atoms with Crippen LogP contribution in [0.25, 0.3) is 39.7 Å². The molecule has 0 aliphatic carbocycles. The summed E-state index contributed by atoms with van der Waals surface area (Å²) in [6.07, 6.45) is -5.84. The highest BCUT2D eigenvalue weighted by atomic mass is 127. The predicted molar refractivity (Wildman–Crippen MR) is 284 cm³/mol. The summed E-state index contributed by atoms with van der Waals surface area (Å²) in [5, 5.41) is 0. The Bertz CT molecular complexity index is 3300. The smallest absolute Gasteiger partial charge is 0.417 e. The quantitative estimate of drug-likeness (QED) is 0.124. The van der Waals surface area contributed by atoms with Crippen LogP contribution in [0, 0.1) is 3.70 Å². The molecule has 15 nitrogen and oxygen atoms in total. The summed E-state index contributed by atoms with van der Waals surface area (Å²) in [4.78, 5) is 52.9. The van der Waals surface area contributed by atoms with Gasteiger partial charge in [-0.05, 0) is 104 Å². The van der Waals surface area contributed by atoms with Crippen molar-refractivity contribution >= 4 is 63.2 Å². The van der Waals surface area contributed by atoms with Crippen molar-refractivity contribution in [3.05, 3.63) is 130 Å². The number of amides is 2. The van der Waals surface area contributed by atoms with E-state index in [4.69, 9.17) is 4.74 Å². The summed E-state index contributed by atoms with van der Waals surface area (Å²) < 4.78 is 126. The zero-order valence-electron chi connectivity index (χ0n) is 39.9. The summed E-state index contributed by atoms with van der Waals surface area (Å²) in [5.41, 5.74) is 0.659. The van der Waals surface area contributed by atoms with Gasteiger partial charge in [0.2, 0.25) is 5.91 Å². The molecule has 0 aromatic carbocycles. The molecular formula is C52H58F9IN12O3. The number of fused-ring (bicyclic) bond motifs is 3. The van der Waals surface area contributed by atoms with E-state index in [2.05, 4.69) is 29.8 Å². The molecule has 2 aliphatic rings. The van der Waals surface area contributed by atoms with Crippen LogP contribution in [0.4, 0.5) is 55.9 Å². The van der Waals surface area contributed by atoms with Crippen molar-refractivity contribution in [1.29, 1.82) is 0 Å². The van der Waals surface area contributed by atoms with Crippen molar-refractivity contribution in [3.8, 4) is 22.8 Å². The van der Waals surface area contributed by atoms with Crippen LogP contribution in [-0.4, -0.2) is 118 Å². The van der Waals surface area contributed by atoms with Crippen LogP contribution in [-0.2, 0) is 28.1 Å². The lowest BCUT2D eigenvalue weighted by atomic mass is 10.2. The first-order chi connectivity index (χ1) is 34.8. The predicted octanol–water partition coefficient (Wildman–Crippen LogP) is 12.4. The van der Waals surface area contributed by atoms with Crippen LogP contribution < -0.4 is 9.80 Å². The van der Waals surface area contributed by atoms with E-state index in [0.29, 0.717) is 102 Å². The number of ether oxygens (including phenoxy) is 1. The number of halogens is 10. The number of pyridine rings is 5. The third-order valence-corrected chi connectivity index (χ3v) is 12.5. The van der Waals surface area contributed by atoms with Crippen LogP contribution in [0.5, 0.6) is 0 Å². The van der Waals surface area contributed by atoms with E-state index >= 15 is 0 Å². The Morgan fingerprint density at radius 1 is 0.506 bits per heavy atom. The van der Waals surface area contributed by atoms with E-state index in [9.17, 15) is 49.1 Å². The van der Waals surface area contributed by atoms with E-state index in [0.717, 1.165) is 42.6 Å². The second-order valence-electron chi connectivity index (χ2n) is 18.0. The largest absolute Gasteiger partial charge is 0.444 e. The molecule has 2 saturated heterocycles. The minimum Gasteiger partial charge on any atom is -0.444 e. The van der Waals surface area contributed by atoms with Crippen molar-refractivity contribution in [2.45, 2.75) is 74.1 Å². The summed E-state index contributed by atoms with van der Waals surface area (Å²) in [6.45, 7) is 11.7. The number of aromatic nitrogens is 8. The van der Waals surface area contributed by atoms with Crippen molar-refractivity contribution in [3.63, 3.8) is 0 Å². The fourth-order valence-electron chi connectivity index (χ4n) is 7.97. The Hall–Kier alpha value is -7.19. The molecule has 0 unspecified atom stereocenters. The fourth-order valence-corrected chi connectivity index (χ4v) is 8.50. The molecule has 2 amide bonds. The number of nitrogens with zero attached hydrogens (tertiary/aromatic N) is 12. The van der Waals surface area contributed by atoms with Crippen LogP contribution in [0.2, 0.25) is 0 Å².